The molecule has 132 valence electrons. The van der Waals surface area contributed by atoms with E-state index in [2.05, 4.69) is 5.32 Å². The lowest BCUT2D eigenvalue weighted by atomic mass is 10.1. The number of nitrogens with one attached hydrogen (secondary N) is 1. The molecule has 0 aliphatic rings. The molecule has 6 heteroatoms. The second kappa shape index (κ2) is 9.08. The maximum atomic E-state index is 12.3. The Labute approximate surface area is 151 Å². The zero-order valence-corrected chi connectivity index (χ0v) is 14.9. The number of ether oxygens (including phenoxy) is 2. The highest BCUT2D eigenvalue weighted by atomic mass is 35.5. The van der Waals surface area contributed by atoms with Crippen molar-refractivity contribution in [2.24, 2.45) is 0 Å². The second-order valence-electron chi connectivity index (χ2n) is 5.45. The summed E-state index contributed by atoms with van der Waals surface area (Å²) in [6.45, 7) is 4.01. The summed E-state index contributed by atoms with van der Waals surface area (Å²) < 4.78 is 10.3. The van der Waals surface area contributed by atoms with E-state index in [4.69, 9.17) is 21.1 Å². The van der Waals surface area contributed by atoms with Crippen molar-refractivity contribution in [1.29, 1.82) is 0 Å². The molecule has 1 amide bonds. The van der Waals surface area contributed by atoms with Crippen LogP contribution in [0.3, 0.4) is 0 Å². The van der Waals surface area contributed by atoms with Gasteiger partial charge in [0.05, 0.1) is 6.61 Å². The summed E-state index contributed by atoms with van der Waals surface area (Å²) in [7, 11) is 0. The number of carbonyl (C=O) groups is 2. The molecule has 0 aliphatic carbocycles. The fourth-order valence-electron chi connectivity index (χ4n) is 2.06. The summed E-state index contributed by atoms with van der Waals surface area (Å²) in [5.74, 6) is -0.158. The van der Waals surface area contributed by atoms with Gasteiger partial charge in [0.2, 0.25) is 0 Å². The van der Waals surface area contributed by atoms with Crippen LogP contribution in [0, 0.1) is 6.92 Å². The first kappa shape index (κ1) is 18.8. The SMILES string of the molecule is CCCOC(=O)COc1ccc(C(=O)Nc2ccc(Cl)cc2C)cc1. The van der Waals surface area contributed by atoms with E-state index in [1.54, 1.807) is 42.5 Å². The number of amides is 1. The molecule has 0 saturated heterocycles. The van der Waals surface area contributed by atoms with E-state index >= 15 is 0 Å². The maximum Gasteiger partial charge on any atom is 0.344 e. The van der Waals surface area contributed by atoms with Crippen LogP contribution in [0.4, 0.5) is 5.69 Å². The molecule has 0 bridgehead atoms. The largest absolute Gasteiger partial charge is 0.482 e. The van der Waals surface area contributed by atoms with Gasteiger partial charge in [-0.15, -0.1) is 0 Å². The lowest BCUT2D eigenvalue weighted by molar-refractivity contribution is -0.146. The number of aryl methyl sites for hydroxylation is 1. The molecule has 25 heavy (non-hydrogen) atoms. The molecule has 1 N–H and O–H groups in total. The molecule has 0 aliphatic heterocycles. The number of carbonyl (C=O) groups excluding carboxylic acids is 2. The number of hydrogen-bond donors (Lipinski definition) is 1. The second-order valence-corrected chi connectivity index (χ2v) is 5.88. The first-order chi connectivity index (χ1) is 12.0. The Bertz CT molecular complexity index is 744. The zero-order valence-electron chi connectivity index (χ0n) is 14.2. The summed E-state index contributed by atoms with van der Waals surface area (Å²) in [6, 6.07) is 11.8. The molecule has 2 aromatic rings. The fourth-order valence-corrected chi connectivity index (χ4v) is 2.29. The van der Waals surface area contributed by atoms with Gasteiger partial charge in [0, 0.05) is 16.3 Å². The van der Waals surface area contributed by atoms with E-state index in [0.29, 0.717) is 28.6 Å². The third kappa shape index (κ3) is 5.80. The van der Waals surface area contributed by atoms with Crippen LogP contribution in [0.5, 0.6) is 5.75 Å². The summed E-state index contributed by atoms with van der Waals surface area (Å²) in [5, 5.41) is 3.45. The molecular formula is C19H20ClNO4. The normalized spacial score (nSPS) is 10.2. The Morgan fingerprint density at radius 2 is 1.84 bits per heavy atom. The van der Waals surface area contributed by atoms with Gasteiger partial charge in [0.15, 0.2) is 6.61 Å². The zero-order chi connectivity index (χ0) is 18.2. The number of halogens is 1. The van der Waals surface area contributed by atoms with Crippen molar-refractivity contribution >= 4 is 29.2 Å². The van der Waals surface area contributed by atoms with Crippen molar-refractivity contribution in [2.45, 2.75) is 20.3 Å². The monoisotopic (exact) mass is 361 g/mol. The van der Waals surface area contributed by atoms with Gasteiger partial charge in [-0.05, 0) is 61.4 Å². The Morgan fingerprint density at radius 3 is 2.48 bits per heavy atom. The first-order valence-electron chi connectivity index (χ1n) is 7.95. The number of hydrogen-bond acceptors (Lipinski definition) is 4. The van der Waals surface area contributed by atoms with Crippen LogP contribution in [0.2, 0.25) is 5.02 Å². The minimum Gasteiger partial charge on any atom is -0.482 e. The van der Waals surface area contributed by atoms with Crippen LogP contribution < -0.4 is 10.1 Å². The van der Waals surface area contributed by atoms with Crippen molar-refractivity contribution in [2.75, 3.05) is 18.5 Å². The Kier molecular flexibility index (Phi) is 6.83. The number of esters is 1. The van der Waals surface area contributed by atoms with E-state index in [-0.39, 0.29) is 12.5 Å². The highest BCUT2D eigenvalue weighted by Crippen LogP contribution is 2.21. The minimum absolute atomic E-state index is 0.157. The van der Waals surface area contributed by atoms with Crippen LogP contribution >= 0.6 is 11.6 Å². The van der Waals surface area contributed by atoms with E-state index in [9.17, 15) is 9.59 Å². The molecule has 0 spiro atoms. The van der Waals surface area contributed by atoms with E-state index in [1.807, 2.05) is 13.8 Å². The van der Waals surface area contributed by atoms with Crippen LogP contribution in [-0.2, 0) is 9.53 Å². The van der Waals surface area contributed by atoms with E-state index in [1.165, 1.54) is 0 Å². The number of rotatable bonds is 7. The molecule has 0 fully saturated rings. The first-order valence-corrected chi connectivity index (χ1v) is 8.33. The summed E-state index contributed by atoms with van der Waals surface area (Å²) in [4.78, 5) is 23.7. The van der Waals surface area contributed by atoms with Crippen molar-refractivity contribution in [3.05, 3.63) is 58.6 Å². The topological polar surface area (TPSA) is 64.6 Å². The highest BCUT2D eigenvalue weighted by Gasteiger charge is 2.09. The van der Waals surface area contributed by atoms with Crippen LogP contribution in [0.1, 0.15) is 29.3 Å². The summed E-state index contributed by atoms with van der Waals surface area (Å²) >= 11 is 5.91. The molecule has 0 heterocycles. The maximum absolute atomic E-state index is 12.3. The lowest BCUT2D eigenvalue weighted by Crippen LogP contribution is -2.15. The predicted molar refractivity (Wildman–Crippen MR) is 97.3 cm³/mol. The van der Waals surface area contributed by atoms with Crippen molar-refractivity contribution < 1.29 is 19.1 Å². The molecule has 0 atom stereocenters. The average Bonchev–Trinajstić information content (AvgIpc) is 2.61. The summed E-state index contributed by atoms with van der Waals surface area (Å²) in [5.41, 5.74) is 2.06. The Morgan fingerprint density at radius 1 is 1.12 bits per heavy atom. The van der Waals surface area contributed by atoms with Gasteiger partial charge in [-0.25, -0.2) is 4.79 Å². The minimum atomic E-state index is -0.415. The third-order valence-electron chi connectivity index (χ3n) is 3.38. The van der Waals surface area contributed by atoms with Gasteiger partial charge in [0.25, 0.3) is 5.91 Å². The van der Waals surface area contributed by atoms with Crippen molar-refractivity contribution in [3.8, 4) is 5.75 Å². The van der Waals surface area contributed by atoms with Crippen molar-refractivity contribution in [3.63, 3.8) is 0 Å². The molecule has 2 aromatic carbocycles. The molecule has 0 radical (unpaired) electrons. The third-order valence-corrected chi connectivity index (χ3v) is 3.61. The smallest absolute Gasteiger partial charge is 0.344 e. The molecule has 0 aromatic heterocycles. The molecule has 0 saturated carbocycles. The Balaban J connectivity index is 1.92. The lowest BCUT2D eigenvalue weighted by Gasteiger charge is -2.10. The molecule has 2 rings (SSSR count). The summed E-state index contributed by atoms with van der Waals surface area (Å²) in [6.07, 6.45) is 0.767. The number of anilines is 1. The van der Waals surface area contributed by atoms with E-state index < -0.39 is 5.97 Å². The molecule has 0 unspecified atom stereocenters. The molecular weight excluding hydrogens is 342 g/mol. The van der Waals surface area contributed by atoms with Gasteiger partial charge in [-0.3, -0.25) is 4.79 Å². The number of benzene rings is 2. The highest BCUT2D eigenvalue weighted by molar-refractivity contribution is 6.30. The van der Waals surface area contributed by atoms with Crippen LogP contribution in [0.25, 0.3) is 0 Å². The van der Waals surface area contributed by atoms with E-state index in [0.717, 1.165) is 12.0 Å². The van der Waals surface area contributed by atoms with Gasteiger partial charge in [0.1, 0.15) is 5.75 Å². The molecule has 5 nitrogen and oxygen atoms in total. The van der Waals surface area contributed by atoms with Crippen LogP contribution in [-0.4, -0.2) is 25.1 Å². The van der Waals surface area contributed by atoms with Gasteiger partial charge < -0.3 is 14.8 Å². The van der Waals surface area contributed by atoms with Gasteiger partial charge in [-0.1, -0.05) is 18.5 Å². The van der Waals surface area contributed by atoms with Gasteiger partial charge >= 0.3 is 5.97 Å². The van der Waals surface area contributed by atoms with Gasteiger partial charge in [-0.2, -0.15) is 0 Å². The predicted octanol–water partition coefficient (Wildman–Crippen LogP) is 4.23. The Hall–Kier alpha value is -2.53. The van der Waals surface area contributed by atoms with Crippen molar-refractivity contribution in [1.82, 2.24) is 0 Å². The fraction of sp³-hybridized carbons (Fsp3) is 0.263. The standard InChI is InChI=1S/C19H20ClNO4/c1-3-10-24-18(22)12-25-16-7-4-14(5-8-16)19(23)21-17-9-6-15(20)11-13(17)2/h4-9,11H,3,10,12H2,1-2H3,(H,21,23). The quantitative estimate of drug-likeness (QED) is 0.749. The average molecular weight is 362 g/mol. The van der Waals surface area contributed by atoms with Crippen LogP contribution in [0.15, 0.2) is 42.5 Å².